The molecular formula is C13H12N4O3. The van der Waals surface area contributed by atoms with Crippen molar-refractivity contribution in [1.82, 2.24) is 4.98 Å². The van der Waals surface area contributed by atoms with Gasteiger partial charge >= 0.3 is 0 Å². The average molecular weight is 272 g/mol. The van der Waals surface area contributed by atoms with Crippen LogP contribution in [0.5, 0.6) is 0 Å². The second kappa shape index (κ2) is 5.79. The molecule has 0 saturated heterocycles. The molecule has 3 N–H and O–H groups in total. The van der Waals surface area contributed by atoms with E-state index in [0.717, 1.165) is 5.56 Å². The summed E-state index contributed by atoms with van der Waals surface area (Å²) < 4.78 is 0. The van der Waals surface area contributed by atoms with Gasteiger partial charge in [0, 0.05) is 30.6 Å². The number of anilines is 1. The van der Waals surface area contributed by atoms with E-state index in [1.807, 2.05) is 0 Å². The Kier molecular flexibility index (Phi) is 3.90. The van der Waals surface area contributed by atoms with Crippen LogP contribution in [-0.2, 0) is 6.54 Å². The average Bonchev–Trinajstić information content (AvgIpc) is 2.46. The van der Waals surface area contributed by atoms with Crippen LogP contribution in [0.15, 0.2) is 42.6 Å². The fourth-order valence-electron chi connectivity index (χ4n) is 1.61. The molecule has 0 aliphatic rings. The number of nitrogens with zero attached hydrogens (tertiary/aromatic N) is 2. The van der Waals surface area contributed by atoms with E-state index in [0.29, 0.717) is 12.2 Å². The number of nitro benzene ring substituents is 1. The van der Waals surface area contributed by atoms with Crippen molar-refractivity contribution in [2.75, 3.05) is 5.32 Å². The summed E-state index contributed by atoms with van der Waals surface area (Å²) in [5, 5.41) is 13.6. The molecule has 7 heteroatoms. The maximum absolute atomic E-state index is 11.0. The van der Waals surface area contributed by atoms with Crippen LogP contribution in [0.3, 0.4) is 0 Å². The number of hydrogen-bond acceptors (Lipinski definition) is 5. The van der Waals surface area contributed by atoms with Crippen molar-refractivity contribution >= 4 is 17.3 Å². The van der Waals surface area contributed by atoms with Gasteiger partial charge in [-0.1, -0.05) is 12.1 Å². The Morgan fingerprint density at radius 3 is 2.60 bits per heavy atom. The summed E-state index contributed by atoms with van der Waals surface area (Å²) in [5.74, 6) is -0.594. The fourth-order valence-corrected chi connectivity index (χ4v) is 1.61. The summed E-state index contributed by atoms with van der Waals surface area (Å²) in [6.07, 6.45) is 1.48. The van der Waals surface area contributed by atoms with Crippen molar-refractivity contribution in [3.8, 4) is 0 Å². The van der Waals surface area contributed by atoms with E-state index in [4.69, 9.17) is 5.73 Å². The molecule has 1 aromatic carbocycles. The maximum atomic E-state index is 11.0. The highest BCUT2D eigenvalue weighted by Gasteiger charge is 2.05. The molecule has 20 heavy (non-hydrogen) atoms. The van der Waals surface area contributed by atoms with Gasteiger partial charge in [-0.2, -0.15) is 0 Å². The fraction of sp³-hybridized carbons (Fsp3) is 0.0769. The largest absolute Gasteiger partial charge is 0.381 e. The van der Waals surface area contributed by atoms with Crippen LogP contribution in [0, 0.1) is 10.1 Å². The number of aromatic nitrogens is 1. The Morgan fingerprint density at radius 2 is 2.00 bits per heavy atom. The van der Waals surface area contributed by atoms with Crippen LogP contribution in [-0.4, -0.2) is 15.8 Å². The minimum atomic E-state index is -0.594. The van der Waals surface area contributed by atoms with E-state index in [-0.39, 0.29) is 11.4 Å². The highest BCUT2D eigenvalue weighted by atomic mass is 16.6. The molecule has 0 saturated carbocycles. The van der Waals surface area contributed by atoms with E-state index >= 15 is 0 Å². The molecule has 0 fully saturated rings. The van der Waals surface area contributed by atoms with Crippen LogP contribution in [0.4, 0.5) is 11.4 Å². The van der Waals surface area contributed by atoms with Crippen molar-refractivity contribution in [3.63, 3.8) is 0 Å². The molecule has 0 radical (unpaired) electrons. The van der Waals surface area contributed by atoms with Gasteiger partial charge in [-0.25, -0.2) is 0 Å². The number of rotatable bonds is 5. The standard InChI is InChI=1S/C13H12N4O3/c14-13(18)12-7-10(5-6-15-12)16-8-9-1-3-11(4-2-9)17(19)20/h1-7H,8H2,(H2,14,18)(H,15,16). The van der Waals surface area contributed by atoms with Gasteiger partial charge in [-0.3, -0.25) is 19.9 Å². The van der Waals surface area contributed by atoms with Crippen molar-refractivity contribution < 1.29 is 9.72 Å². The topological polar surface area (TPSA) is 111 Å². The first-order chi connectivity index (χ1) is 9.56. The highest BCUT2D eigenvalue weighted by molar-refractivity contribution is 5.91. The number of non-ortho nitro benzene ring substituents is 1. The van der Waals surface area contributed by atoms with Crippen LogP contribution < -0.4 is 11.1 Å². The molecule has 0 bridgehead atoms. The smallest absolute Gasteiger partial charge is 0.269 e. The molecule has 0 aliphatic carbocycles. The van der Waals surface area contributed by atoms with Gasteiger partial charge in [0.15, 0.2) is 0 Å². The van der Waals surface area contributed by atoms with Gasteiger partial charge < -0.3 is 11.1 Å². The van der Waals surface area contributed by atoms with Crippen molar-refractivity contribution in [2.24, 2.45) is 5.73 Å². The molecule has 0 aliphatic heterocycles. The van der Waals surface area contributed by atoms with E-state index in [1.165, 1.54) is 18.3 Å². The minimum absolute atomic E-state index is 0.0497. The number of benzene rings is 1. The van der Waals surface area contributed by atoms with E-state index in [9.17, 15) is 14.9 Å². The van der Waals surface area contributed by atoms with Crippen LogP contribution in [0.2, 0.25) is 0 Å². The molecule has 1 amide bonds. The van der Waals surface area contributed by atoms with Crippen molar-refractivity contribution in [1.29, 1.82) is 0 Å². The predicted molar refractivity (Wildman–Crippen MR) is 73.2 cm³/mol. The van der Waals surface area contributed by atoms with Crippen LogP contribution in [0.25, 0.3) is 0 Å². The Balaban J connectivity index is 2.03. The number of pyridine rings is 1. The Hall–Kier alpha value is -2.96. The zero-order valence-electron chi connectivity index (χ0n) is 10.4. The molecule has 7 nitrogen and oxygen atoms in total. The molecule has 2 rings (SSSR count). The third-order valence-corrected chi connectivity index (χ3v) is 2.66. The first-order valence-corrected chi connectivity index (χ1v) is 5.79. The molecule has 0 spiro atoms. The third kappa shape index (κ3) is 3.29. The molecule has 0 unspecified atom stereocenters. The number of carbonyl (C=O) groups is 1. The first kappa shape index (κ1) is 13.5. The number of primary amides is 1. The lowest BCUT2D eigenvalue weighted by Crippen LogP contribution is -2.13. The van der Waals surface area contributed by atoms with E-state index in [1.54, 1.807) is 24.3 Å². The highest BCUT2D eigenvalue weighted by Crippen LogP contribution is 2.14. The molecule has 2 aromatic rings. The quantitative estimate of drug-likeness (QED) is 0.635. The Morgan fingerprint density at radius 1 is 1.30 bits per heavy atom. The van der Waals surface area contributed by atoms with Gasteiger partial charge in [0.05, 0.1) is 4.92 Å². The summed E-state index contributed by atoms with van der Waals surface area (Å²) >= 11 is 0. The lowest BCUT2D eigenvalue weighted by atomic mass is 10.2. The lowest BCUT2D eigenvalue weighted by molar-refractivity contribution is -0.384. The second-order valence-corrected chi connectivity index (χ2v) is 4.07. The van der Waals surface area contributed by atoms with Crippen LogP contribution in [0.1, 0.15) is 16.1 Å². The third-order valence-electron chi connectivity index (χ3n) is 2.66. The minimum Gasteiger partial charge on any atom is -0.381 e. The number of carbonyl (C=O) groups excluding carboxylic acids is 1. The van der Waals surface area contributed by atoms with Gasteiger partial charge in [0.2, 0.25) is 0 Å². The number of nitro groups is 1. The van der Waals surface area contributed by atoms with Gasteiger partial charge in [0.1, 0.15) is 5.69 Å². The first-order valence-electron chi connectivity index (χ1n) is 5.79. The molecule has 0 atom stereocenters. The monoisotopic (exact) mass is 272 g/mol. The van der Waals surface area contributed by atoms with Crippen molar-refractivity contribution in [3.05, 3.63) is 64.0 Å². The van der Waals surface area contributed by atoms with E-state index in [2.05, 4.69) is 10.3 Å². The SMILES string of the molecule is NC(=O)c1cc(NCc2ccc([N+](=O)[O-])cc2)ccn1. The summed E-state index contributed by atoms with van der Waals surface area (Å²) in [5.41, 5.74) is 6.95. The summed E-state index contributed by atoms with van der Waals surface area (Å²) in [4.78, 5) is 24.9. The Labute approximate surface area is 114 Å². The van der Waals surface area contributed by atoms with E-state index < -0.39 is 10.8 Å². The van der Waals surface area contributed by atoms with Gasteiger partial charge in [-0.15, -0.1) is 0 Å². The number of hydrogen-bond donors (Lipinski definition) is 2. The molecule has 1 heterocycles. The van der Waals surface area contributed by atoms with Crippen LogP contribution >= 0.6 is 0 Å². The maximum Gasteiger partial charge on any atom is 0.269 e. The van der Waals surface area contributed by atoms with Gasteiger partial charge in [-0.05, 0) is 17.7 Å². The summed E-state index contributed by atoms with van der Waals surface area (Å²) in [6, 6.07) is 9.48. The normalized spacial score (nSPS) is 10.0. The molecule has 1 aromatic heterocycles. The predicted octanol–water partition coefficient (Wildman–Crippen LogP) is 1.70. The second-order valence-electron chi connectivity index (χ2n) is 4.07. The number of nitrogens with two attached hydrogens (primary N) is 1. The zero-order valence-corrected chi connectivity index (χ0v) is 10.4. The Bertz CT molecular complexity index is 640. The molecule has 102 valence electrons. The summed E-state index contributed by atoms with van der Waals surface area (Å²) in [7, 11) is 0. The zero-order chi connectivity index (χ0) is 14.5. The summed E-state index contributed by atoms with van der Waals surface area (Å²) in [6.45, 7) is 0.472. The number of nitrogens with one attached hydrogen (secondary N) is 1. The number of amides is 1. The van der Waals surface area contributed by atoms with Gasteiger partial charge in [0.25, 0.3) is 11.6 Å². The lowest BCUT2D eigenvalue weighted by Gasteiger charge is -2.07. The van der Waals surface area contributed by atoms with Crippen molar-refractivity contribution in [2.45, 2.75) is 6.54 Å². The molecular weight excluding hydrogens is 260 g/mol.